The van der Waals surface area contributed by atoms with Gasteiger partial charge in [-0.3, -0.25) is 0 Å². The molecule has 0 bridgehead atoms. The largest absolute Gasteiger partial charge is 0.409 e. The van der Waals surface area contributed by atoms with E-state index in [4.69, 9.17) is 10.9 Å². The molecular weight excluding hydrogens is 226 g/mol. The minimum Gasteiger partial charge on any atom is -0.409 e. The van der Waals surface area contributed by atoms with Crippen LogP contribution in [0.4, 0.5) is 0 Å². The Hall–Kier alpha value is -1.97. The molecule has 4 heteroatoms. The molecule has 0 saturated carbocycles. The van der Waals surface area contributed by atoms with Crippen molar-refractivity contribution >= 4 is 16.7 Å². The minimum atomic E-state index is 0.155. The fourth-order valence-corrected chi connectivity index (χ4v) is 2.09. The second-order valence-electron chi connectivity index (χ2n) is 4.92. The Morgan fingerprint density at radius 2 is 2.17 bits per heavy atom. The topological polar surface area (TPSA) is 63.5 Å². The van der Waals surface area contributed by atoms with E-state index >= 15 is 0 Å². The normalized spacial score (nSPS) is 12.5. The van der Waals surface area contributed by atoms with Crippen molar-refractivity contribution in [2.75, 3.05) is 0 Å². The number of oxime groups is 1. The maximum atomic E-state index is 8.79. The molecule has 0 unspecified atom stereocenters. The number of aryl methyl sites for hydroxylation is 1. The first-order valence-corrected chi connectivity index (χ1v) is 6.19. The highest BCUT2D eigenvalue weighted by Gasteiger charge is 2.08. The van der Waals surface area contributed by atoms with Crippen LogP contribution in [-0.4, -0.2) is 15.6 Å². The number of fused-ring (bicyclic) bond motifs is 1. The van der Waals surface area contributed by atoms with Gasteiger partial charge in [-0.15, -0.1) is 0 Å². The zero-order valence-corrected chi connectivity index (χ0v) is 10.8. The van der Waals surface area contributed by atoms with Crippen LogP contribution in [0.3, 0.4) is 0 Å². The Morgan fingerprint density at radius 3 is 2.83 bits per heavy atom. The van der Waals surface area contributed by atoms with Crippen LogP contribution in [0.1, 0.15) is 25.8 Å². The number of aromatic nitrogens is 1. The highest BCUT2D eigenvalue weighted by molar-refractivity contribution is 6.08. The summed E-state index contributed by atoms with van der Waals surface area (Å²) in [6.07, 6.45) is 3.19. The molecule has 0 amide bonds. The molecule has 2 aromatic rings. The van der Waals surface area contributed by atoms with E-state index < -0.39 is 0 Å². The van der Waals surface area contributed by atoms with E-state index in [2.05, 4.69) is 35.8 Å². The van der Waals surface area contributed by atoms with Crippen LogP contribution in [0.15, 0.2) is 35.6 Å². The lowest BCUT2D eigenvalue weighted by Gasteiger charge is -2.08. The number of benzene rings is 1. The van der Waals surface area contributed by atoms with Gasteiger partial charge < -0.3 is 15.5 Å². The van der Waals surface area contributed by atoms with Crippen molar-refractivity contribution in [1.82, 2.24) is 4.57 Å². The molecule has 0 atom stereocenters. The monoisotopic (exact) mass is 245 g/mol. The average Bonchev–Trinajstić information content (AvgIpc) is 2.78. The molecule has 1 aromatic heterocycles. The first kappa shape index (κ1) is 12.5. The fourth-order valence-electron chi connectivity index (χ4n) is 2.09. The molecule has 2 rings (SSSR count). The Bertz CT molecular complexity index is 569. The summed E-state index contributed by atoms with van der Waals surface area (Å²) in [6.45, 7) is 5.42. The van der Waals surface area contributed by atoms with Crippen molar-refractivity contribution < 1.29 is 5.21 Å². The van der Waals surface area contributed by atoms with Gasteiger partial charge in [0.1, 0.15) is 0 Å². The van der Waals surface area contributed by atoms with Crippen molar-refractivity contribution in [1.29, 1.82) is 0 Å². The molecule has 4 nitrogen and oxygen atoms in total. The molecular formula is C14H19N3O. The zero-order chi connectivity index (χ0) is 13.1. The lowest BCUT2D eigenvalue weighted by Crippen LogP contribution is -2.13. The van der Waals surface area contributed by atoms with Gasteiger partial charge in [-0.05, 0) is 24.5 Å². The third kappa shape index (κ3) is 2.32. The standard InChI is InChI=1S/C14H19N3O/c1-10(2)6-8-17-9-7-11-12(14(15)16-18)4-3-5-13(11)17/h3-5,7,9-10,18H,6,8H2,1-2H3,(H2,15,16). The van der Waals surface area contributed by atoms with Gasteiger partial charge in [-0.1, -0.05) is 31.1 Å². The summed E-state index contributed by atoms with van der Waals surface area (Å²) in [5.41, 5.74) is 7.58. The number of hydrogen-bond acceptors (Lipinski definition) is 2. The highest BCUT2D eigenvalue weighted by atomic mass is 16.4. The van der Waals surface area contributed by atoms with Crippen molar-refractivity contribution in [3.63, 3.8) is 0 Å². The summed E-state index contributed by atoms with van der Waals surface area (Å²) in [5, 5.41) is 12.9. The van der Waals surface area contributed by atoms with Gasteiger partial charge in [-0.25, -0.2) is 0 Å². The molecule has 0 saturated heterocycles. The molecule has 1 heterocycles. The molecule has 18 heavy (non-hydrogen) atoms. The third-order valence-electron chi connectivity index (χ3n) is 3.14. The van der Waals surface area contributed by atoms with Crippen LogP contribution in [-0.2, 0) is 6.54 Å². The number of hydrogen-bond donors (Lipinski definition) is 2. The molecule has 0 aliphatic heterocycles. The molecule has 3 N–H and O–H groups in total. The maximum Gasteiger partial charge on any atom is 0.170 e. The average molecular weight is 245 g/mol. The number of nitrogens with two attached hydrogens (primary N) is 1. The lowest BCUT2D eigenvalue weighted by molar-refractivity contribution is 0.318. The second kappa shape index (κ2) is 5.12. The molecule has 1 aromatic carbocycles. The van der Waals surface area contributed by atoms with Crippen molar-refractivity contribution in [3.05, 3.63) is 36.0 Å². The van der Waals surface area contributed by atoms with E-state index in [9.17, 15) is 0 Å². The molecule has 0 aliphatic carbocycles. The van der Waals surface area contributed by atoms with Gasteiger partial charge in [0.15, 0.2) is 5.84 Å². The molecule has 0 fully saturated rings. The van der Waals surface area contributed by atoms with Crippen LogP contribution < -0.4 is 5.73 Å². The fraction of sp³-hybridized carbons (Fsp3) is 0.357. The zero-order valence-electron chi connectivity index (χ0n) is 10.8. The number of amidine groups is 1. The highest BCUT2D eigenvalue weighted by Crippen LogP contribution is 2.21. The predicted octanol–water partition coefficient (Wildman–Crippen LogP) is 2.78. The molecule has 96 valence electrons. The van der Waals surface area contributed by atoms with E-state index in [-0.39, 0.29) is 5.84 Å². The van der Waals surface area contributed by atoms with Gasteiger partial charge in [0, 0.05) is 29.2 Å². The van der Waals surface area contributed by atoms with E-state index in [1.165, 1.54) is 0 Å². The van der Waals surface area contributed by atoms with Crippen LogP contribution in [0.25, 0.3) is 10.9 Å². The molecule has 0 radical (unpaired) electrons. The molecule has 0 spiro atoms. The predicted molar refractivity (Wildman–Crippen MR) is 73.9 cm³/mol. The molecule has 0 aliphatic rings. The maximum absolute atomic E-state index is 8.79. The van der Waals surface area contributed by atoms with E-state index in [0.717, 1.165) is 29.4 Å². The van der Waals surface area contributed by atoms with Gasteiger partial charge in [0.2, 0.25) is 0 Å². The van der Waals surface area contributed by atoms with E-state index in [1.54, 1.807) is 0 Å². The van der Waals surface area contributed by atoms with Crippen LogP contribution in [0.2, 0.25) is 0 Å². The summed E-state index contributed by atoms with van der Waals surface area (Å²) in [6, 6.07) is 7.87. The van der Waals surface area contributed by atoms with E-state index in [0.29, 0.717) is 5.92 Å². The minimum absolute atomic E-state index is 0.155. The van der Waals surface area contributed by atoms with Crippen LogP contribution >= 0.6 is 0 Å². The number of rotatable bonds is 4. The Balaban J connectivity index is 2.42. The Morgan fingerprint density at radius 1 is 1.39 bits per heavy atom. The van der Waals surface area contributed by atoms with Crippen LogP contribution in [0, 0.1) is 5.92 Å². The van der Waals surface area contributed by atoms with Crippen LogP contribution in [0.5, 0.6) is 0 Å². The summed E-state index contributed by atoms with van der Waals surface area (Å²) in [4.78, 5) is 0. The van der Waals surface area contributed by atoms with Crippen molar-refractivity contribution in [2.24, 2.45) is 16.8 Å². The smallest absolute Gasteiger partial charge is 0.170 e. The van der Waals surface area contributed by atoms with Gasteiger partial charge in [-0.2, -0.15) is 0 Å². The first-order chi connectivity index (χ1) is 8.63. The summed E-state index contributed by atoms with van der Waals surface area (Å²) >= 11 is 0. The van der Waals surface area contributed by atoms with Gasteiger partial charge in [0.05, 0.1) is 0 Å². The Kier molecular flexibility index (Phi) is 3.55. The van der Waals surface area contributed by atoms with Crippen molar-refractivity contribution in [2.45, 2.75) is 26.8 Å². The lowest BCUT2D eigenvalue weighted by atomic mass is 10.1. The van der Waals surface area contributed by atoms with E-state index in [1.807, 2.05) is 18.2 Å². The Labute approximate surface area is 107 Å². The second-order valence-corrected chi connectivity index (χ2v) is 4.92. The SMILES string of the molecule is CC(C)CCn1ccc2c(/C(N)=N/O)cccc21. The van der Waals surface area contributed by atoms with Gasteiger partial charge >= 0.3 is 0 Å². The van der Waals surface area contributed by atoms with Crippen molar-refractivity contribution in [3.8, 4) is 0 Å². The quantitative estimate of drug-likeness (QED) is 0.376. The summed E-state index contributed by atoms with van der Waals surface area (Å²) in [7, 11) is 0. The summed E-state index contributed by atoms with van der Waals surface area (Å²) in [5.74, 6) is 0.830. The van der Waals surface area contributed by atoms with Gasteiger partial charge in [0.25, 0.3) is 0 Å². The first-order valence-electron chi connectivity index (χ1n) is 6.19. The third-order valence-corrected chi connectivity index (χ3v) is 3.14. The summed E-state index contributed by atoms with van der Waals surface area (Å²) < 4.78 is 2.21. The number of nitrogens with zero attached hydrogens (tertiary/aromatic N) is 2.